The number of aliphatic hydroxyl groups is 1. The predicted octanol–water partition coefficient (Wildman–Crippen LogP) is 2.74. The summed E-state index contributed by atoms with van der Waals surface area (Å²) in [4.78, 5) is 2.54. The van der Waals surface area contributed by atoms with Gasteiger partial charge < -0.3 is 10.4 Å². The lowest BCUT2D eigenvalue weighted by Gasteiger charge is -2.30. The van der Waals surface area contributed by atoms with E-state index in [4.69, 9.17) is 11.6 Å². The van der Waals surface area contributed by atoms with Gasteiger partial charge >= 0.3 is 0 Å². The normalized spacial score (nSPS) is 31.6. The summed E-state index contributed by atoms with van der Waals surface area (Å²) in [6.07, 6.45) is 3.60. The fraction of sp³-hybridized carbons (Fsp3) is 0.600. The van der Waals surface area contributed by atoms with Gasteiger partial charge in [0.25, 0.3) is 0 Å². The second-order valence-corrected chi connectivity index (χ2v) is 6.47. The Morgan fingerprint density at radius 2 is 2.26 bits per heavy atom. The molecule has 1 heterocycles. The van der Waals surface area contributed by atoms with Crippen LogP contribution in [0.2, 0.25) is 5.02 Å². The van der Waals surface area contributed by atoms with E-state index in [1.165, 1.54) is 12.8 Å². The van der Waals surface area contributed by atoms with Gasteiger partial charge in [0.1, 0.15) is 0 Å². The van der Waals surface area contributed by atoms with E-state index in [2.05, 4.69) is 17.1 Å². The molecule has 2 unspecified atom stereocenters. The monoisotopic (exact) mass is 280 g/mol. The molecule has 1 saturated heterocycles. The first-order valence-corrected chi connectivity index (χ1v) is 7.40. The van der Waals surface area contributed by atoms with Gasteiger partial charge in [-0.05, 0) is 44.4 Å². The van der Waals surface area contributed by atoms with Crippen LogP contribution in [0, 0.1) is 0 Å². The van der Waals surface area contributed by atoms with Crippen molar-refractivity contribution in [3.8, 4) is 0 Å². The number of likely N-dealkylation sites (tertiary alicyclic amines) is 1. The van der Waals surface area contributed by atoms with Gasteiger partial charge in [-0.15, -0.1) is 0 Å². The van der Waals surface area contributed by atoms with Crippen molar-refractivity contribution in [2.24, 2.45) is 0 Å². The van der Waals surface area contributed by atoms with Crippen molar-refractivity contribution in [1.29, 1.82) is 0 Å². The number of hydrogen-bond acceptors (Lipinski definition) is 3. The van der Waals surface area contributed by atoms with E-state index in [1.54, 1.807) is 0 Å². The van der Waals surface area contributed by atoms with Gasteiger partial charge in [-0.2, -0.15) is 0 Å². The molecule has 0 aromatic heterocycles. The van der Waals surface area contributed by atoms with E-state index in [0.29, 0.717) is 6.04 Å². The Morgan fingerprint density at radius 3 is 2.89 bits per heavy atom. The number of rotatable bonds is 4. The van der Waals surface area contributed by atoms with Crippen LogP contribution >= 0.6 is 11.6 Å². The lowest BCUT2D eigenvalue weighted by molar-refractivity contribution is 0.201. The van der Waals surface area contributed by atoms with Crippen LogP contribution in [0.4, 0.5) is 5.69 Å². The third kappa shape index (κ3) is 2.73. The van der Waals surface area contributed by atoms with Gasteiger partial charge in [0, 0.05) is 29.3 Å². The predicted molar refractivity (Wildman–Crippen MR) is 78.7 cm³/mol. The van der Waals surface area contributed by atoms with Gasteiger partial charge in [0.2, 0.25) is 0 Å². The van der Waals surface area contributed by atoms with E-state index >= 15 is 0 Å². The molecule has 104 valence electrons. The lowest BCUT2D eigenvalue weighted by Crippen LogP contribution is -2.45. The molecule has 0 spiro atoms. The molecule has 2 atom stereocenters. The molecule has 1 saturated carbocycles. The van der Waals surface area contributed by atoms with Crippen LogP contribution in [0.1, 0.15) is 26.2 Å². The molecule has 2 aliphatic rings. The second kappa shape index (κ2) is 4.97. The van der Waals surface area contributed by atoms with Crippen LogP contribution < -0.4 is 5.32 Å². The fourth-order valence-corrected chi connectivity index (χ4v) is 3.46. The number of halogens is 1. The van der Waals surface area contributed by atoms with E-state index in [1.807, 2.05) is 24.3 Å². The highest BCUT2D eigenvalue weighted by molar-refractivity contribution is 6.30. The molecule has 0 radical (unpaired) electrons. The number of benzene rings is 1. The topological polar surface area (TPSA) is 35.5 Å². The minimum atomic E-state index is -0.229. The Labute approximate surface area is 119 Å². The van der Waals surface area contributed by atoms with E-state index in [9.17, 15) is 5.11 Å². The number of nitrogens with one attached hydrogen (secondary N) is 1. The number of aliphatic hydroxyl groups excluding tert-OH is 1. The van der Waals surface area contributed by atoms with Gasteiger partial charge in [0.05, 0.1) is 12.1 Å². The zero-order valence-electron chi connectivity index (χ0n) is 11.3. The van der Waals surface area contributed by atoms with Crippen LogP contribution in [0.3, 0.4) is 0 Å². The standard InChI is InChI=1S/C15H21ClN2O/c1-11-8-15(10-19,9-18(11)14-5-6-14)17-13-4-2-3-12(16)7-13/h2-4,7,11,14,17,19H,5-6,8-10H2,1H3. The van der Waals surface area contributed by atoms with Crippen LogP contribution in [0.25, 0.3) is 0 Å². The van der Waals surface area contributed by atoms with Crippen LogP contribution in [0.5, 0.6) is 0 Å². The molecular weight excluding hydrogens is 260 g/mol. The molecule has 1 aliphatic heterocycles. The highest BCUT2D eigenvalue weighted by Crippen LogP contribution is 2.38. The maximum absolute atomic E-state index is 9.86. The molecule has 4 heteroatoms. The second-order valence-electron chi connectivity index (χ2n) is 6.03. The smallest absolute Gasteiger partial charge is 0.0745 e. The number of nitrogens with zero attached hydrogens (tertiary/aromatic N) is 1. The Morgan fingerprint density at radius 1 is 1.47 bits per heavy atom. The average molecular weight is 281 g/mol. The quantitative estimate of drug-likeness (QED) is 0.890. The summed E-state index contributed by atoms with van der Waals surface area (Å²) in [6.45, 7) is 3.34. The Balaban J connectivity index is 1.76. The van der Waals surface area contributed by atoms with Gasteiger partial charge in [0.15, 0.2) is 0 Å². The van der Waals surface area contributed by atoms with Crippen molar-refractivity contribution >= 4 is 17.3 Å². The molecule has 19 heavy (non-hydrogen) atoms. The maximum atomic E-state index is 9.86. The third-order valence-electron chi connectivity index (χ3n) is 4.29. The molecule has 1 aromatic carbocycles. The molecule has 2 N–H and O–H groups in total. The van der Waals surface area contributed by atoms with Crippen LogP contribution in [-0.2, 0) is 0 Å². The lowest BCUT2D eigenvalue weighted by atomic mass is 9.97. The Bertz CT molecular complexity index is 463. The molecule has 2 fully saturated rings. The van der Waals surface area contributed by atoms with Crippen molar-refractivity contribution < 1.29 is 5.11 Å². The summed E-state index contributed by atoms with van der Waals surface area (Å²) >= 11 is 6.02. The summed E-state index contributed by atoms with van der Waals surface area (Å²) in [5.74, 6) is 0. The van der Waals surface area contributed by atoms with Crippen molar-refractivity contribution in [3.63, 3.8) is 0 Å². The van der Waals surface area contributed by atoms with E-state index in [-0.39, 0.29) is 12.1 Å². The molecule has 0 amide bonds. The highest BCUT2D eigenvalue weighted by atomic mass is 35.5. The first-order chi connectivity index (χ1) is 9.12. The van der Waals surface area contributed by atoms with Crippen molar-refractivity contribution in [2.45, 2.75) is 43.8 Å². The summed E-state index contributed by atoms with van der Waals surface area (Å²) in [7, 11) is 0. The molecule has 3 nitrogen and oxygen atoms in total. The van der Waals surface area contributed by atoms with Crippen molar-refractivity contribution in [1.82, 2.24) is 4.90 Å². The number of hydrogen-bond donors (Lipinski definition) is 2. The minimum absolute atomic E-state index is 0.160. The zero-order valence-corrected chi connectivity index (χ0v) is 12.0. The van der Waals surface area contributed by atoms with Gasteiger partial charge in [-0.3, -0.25) is 4.90 Å². The van der Waals surface area contributed by atoms with Crippen molar-refractivity contribution in [2.75, 3.05) is 18.5 Å². The zero-order chi connectivity index (χ0) is 13.5. The summed E-state index contributed by atoms with van der Waals surface area (Å²) < 4.78 is 0. The van der Waals surface area contributed by atoms with Crippen molar-refractivity contribution in [3.05, 3.63) is 29.3 Å². The van der Waals surface area contributed by atoms with Gasteiger partial charge in [-0.25, -0.2) is 0 Å². The SMILES string of the molecule is CC1CC(CO)(Nc2cccc(Cl)c2)CN1C1CC1. The molecular formula is C15H21ClN2O. The summed E-state index contributed by atoms with van der Waals surface area (Å²) in [5.41, 5.74) is 0.763. The Kier molecular flexibility index (Phi) is 3.46. The largest absolute Gasteiger partial charge is 0.394 e. The molecule has 1 aromatic rings. The number of anilines is 1. The van der Waals surface area contributed by atoms with Gasteiger partial charge in [-0.1, -0.05) is 17.7 Å². The summed E-state index contributed by atoms with van der Waals surface area (Å²) in [6, 6.07) is 9.01. The van der Waals surface area contributed by atoms with E-state index < -0.39 is 0 Å². The molecule has 0 bridgehead atoms. The average Bonchev–Trinajstić information content (AvgIpc) is 3.15. The van der Waals surface area contributed by atoms with Crippen LogP contribution in [0.15, 0.2) is 24.3 Å². The third-order valence-corrected chi connectivity index (χ3v) is 4.53. The van der Waals surface area contributed by atoms with Crippen LogP contribution in [-0.4, -0.2) is 40.8 Å². The minimum Gasteiger partial charge on any atom is -0.394 e. The van der Waals surface area contributed by atoms with E-state index in [0.717, 1.165) is 29.7 Å². The highest BCUT2D eigenvalue weighted by Gasteiger charge is 2.46. The first-order valence-electron chi connectivity index (χ1n) is 7.02. The first kappa shape index (κ1) is 13.2. The Hall–Kier alpha value is -0.770. The molecule has 3 rings (SSSR count). The maximum Gasteiger partial charge on any atom is 0.0745 e. The molecule has 1 aliphatic carbocycles. The fourth-order valence-electron chi connectivity index (χ4n) is 3.26. The summed E-state index contributed by atoms with van der Waals surface area (Å²) in [5, 5.41) is 14.1.